The van der Waals surface area contributed by atoms with E-state index in [2.05, 4.69) is 18.4 Å². The summed E-state index contributed by atoms with van der Waals surface area (Å²) in [4.78, 5) is 2.60. The Labute approximate surface area is 155 Å². The number of hydrogen-bond donors (Lipinski definition) is 1. The van der Waals surface area contributed by atoms with Crippen LogP contribution in [0.5, 0.6) is 0 Å². The van der Waals surface area contributed by atoms with E-state index in [-0.39, 0.29) is 40.9 Å². The van der Waals surface area contributed by atoms with Crippen LogP contribution in [0.25, 0.3) is 0 Å². The number of piperidine rings is 1. The first kappa shape index (κ1) is 15.5. The maximum atomic E-state index is 11.4. The van der Waals surface area contributed by atoms with Gasteiger partial charge in [-0.3, -0.25) is 0 Å². The molecule has 7 bridgehead atoms. The lowest BCUT2D eigenvalue weighted by Gasteiger charge is -2.80. The summed E-state index contributed by atoms with van der Waals surface area (Å²) in [6.45, 7) is 8.71. The summed E-state index contributed by atoms with van der Waals surface area (Å²) in [6, 6.07) is 0. The molecule has 4 aliphatic heterocycles. The minimum atomic E-state index is -0.345. The van der Waals surface area contributed by atoms with Gasteiger partial charge in [-0.25, -0.2) is 4.90 Å². The van der Waals surface area contributed by atoms with Gasteiger partial charge in [-0.1, -0.05) is 19.9 Å². The fourth-order valence-electron chi connectivity index (χ4n) is 9.72. The molecule has 0 radical (unpaired) electrons. The Morgan fingerprint density at radius 2 is 2.00 bits per heavy atom. The van der Waals surface area contributed by atoms with Gasteiger partial charge in [-0.15, -0.1) is 0 Å². The average Bonchev–Trinajstić information content (AvgIpc) is 3.14. The highest BCUT2D eigenvalue weighted by Gasteiger charge is 2.80. The molecule has 5 aliphatic carbocycles. The second kappa shape index (κ2) is 4.42. The molecule has 2 spiro atoms. The highest BCUT2D eigenvalue weighted by atomic mass is 16.6. The Balaban J connectivity index is 1.45. The molecule has 0 aromatic carbocycles. The van der Waals surface area contributed by atoms with Gasteiger partial charge in [-0.2, -0.15) is 0 Å². The van der Waals surface area contributed by atoms with Crippen molar-refractivity contribution in [1.82, 2.24) is 4.90 Å². The smallest absolute Gasteiger partial charge is 0.119 e. The van der Waals surface area contributed by atoms with Crippen LogP contribution in [0, 0.1) is 34.0 Å². The van der Waals surface area contributed by atoms with E-state index in [0.29, 0.717) is 17.8 Å². The van der Waals surface area contributed by atoms with E-state index in [1.54, 1.807) is 0 Å². The van der Waals surface area contributed by atoms with Crippen LogP contribution in [0.15, 0.2) is 12.2 Å². The average molecular weight is 357 g/mol. The SMILES string of the molecule is C=C1[C@@H]2CC[C@]3([C@@H](C2)[C@]24CCC[C@]5(C)[C@H]2C[C@H]3O[C@H]4N2CCO[C@@H]25)[C@H]1O. The van der Waals surface area contributed by atoms with Crippen molar-refractivity contribution in [1.29, 1.82) is 0 Å². The van der Waals surface area contributed by atoms with E-state index in [1.807, 2.05) is 0 Å². The largest absolute Gasteiger partial charge is 0.388 e. The Hall–Kier alpha value is -0.420. The lowest BCUT2D eigenvalue weighted by Crippen LogP contribution is -2.83. The van der Waals surface area contributed by atoms with E-state index in [4.69, 9.17) is 9.47 Å². The highest BCUT2D eigenvalue weighted by molar-refractivity contribution is 5.32. The van der Waals surface area contributed by atoms with E-state index < -0.39 is 0 Å². The summed E-state index contributed by atoms with van der Waals surface area (Å²) in [5, 5.41) is 11.4. The predicted octanol–water partition coefficient (Wildman–Crippen LogP) is 2.91. The van der Waals surface area contributed by atoms with Gasteiger partial charge in [0.2, 0.25) is 0 Å². The van der Waals surface area contributed by atoms with E-state index >= 15 is 0 Å². The van der Waals surface area contributed by atoms with E-state index in [0.717, 1.165) is 31.6 Å². The van der Waals surface area contributed by atoms with Gasteiger partial charge in [0.25, 0.3) is 0 Å². The highest BCUT2D eigenvalue weighted by Crippen LogP contribution is 2.79. The van der Waals surface area contributed by atoms with Gasteiger partial charge in [0, 0.05) is 22.8 Å². The summed E-state index contributed by atoms with van der Waals surface area (Å²) in [5.41, 5.74) is 1.55. The Kier molecular flexibility index (Phi) is 2.64. The van der Waals surface area contributed by atoms with Crippen molar-refractivity contribution in [3.63, 3.8) is 0 Å². The third kappa shape index (κ3) is 1.32. The number of hydrogen-bond acceptors (Lipinski definition) is 4. The Morgan fingerprint density at radius 1 is 1.12 bits per heavy atom. The number of rotatable bonds is 0. The minimum absolute atomic E-state index is 0.0511. The number of nitrogens with zero attached hydrogens (tertiary/aromatic N) is 1. The van der Waals surface area contributed by atoms with Gasteiger partial charge in [0.1, 0.15) is 12.5 Å². The van der Waals surface area contributed by atoms with Gasteiger partial charge in [-0.05, 0) is 61.9 Å². The Morgan fingerprint density at radius 3 is 2.88 bits per heavy atom. The third-order valence-corrected chi connectivity index (χ3v) is 10.5. The summed E-state index contributed by atoms with van der Waals surface area (Å²) >= 11 is 0. The molecular weight excluding hydrogens is 326 g/mol. The molecule has 4 heterocycles. The number of fused-ring (bicyclic) bond motifs is 4. The molecule has 26 heavy (non-hydrogen) atoms. The molecular formula is C22H31NO3. The topological polar surface area (TPSA) is 41.9 Å². The maximum absolute atomic E-state index is 11.4. The molecule has 10 atom stereocenters. The molecule has 1 N–H and O–H groups in total. The zero-order valence-electron chi connectivity index (χ0n) is 15.8. The van der Waals surface area contributed by atoms with Crippen molar-refractivity contribution in [3.8, 4) is 0 Å². The molecule has 9 rings (SSSR count). The van der Waals surface area contributed by atoms with Gasteiger partial charge < -0.3 is 14.6 Å². The first-order chi connectivity index (χ1) is 12.5. The number of ether oxygens (including phenoxy) is 2. The first-order valence-electron chi connectivity index (χ1n) is 10.9. The number of aliphatic hydroxyl groups excluding tert-OH is 1. The van der Waals surface area contributed by atoms with Gasteiger partial charge in [0.05, 0.1) is 18.8 Å². The molecule has 0 aromatic rings. The zero-order valence-corrected chi connectivity index (χ0v) is 15.8. The van der Waals surface area contributed by atoms with Gasteiger partial charge >= 0.3 is 0 Å². The molecule has 0 unspecified atom stereocenters. The molecule has 4 nitrogen and oxygen atoms in total. The fourth-order valence-corrected chi connectivity index (χ4v) is 9.72. The second-order valence-corrected chi connectivity index (χ2v) is 10.8. The van der Waals surface area contributed by atoms with Crippen molar-refractivity contribution in [2.75, 3.05) is 13.2 Å². The van der Waals surface area contributed by atoms with Crippen LogP contribution in [-0.4, -0.2) is 47.8 Å². The summed E-state index contributed by atoms with van der Waals surface area (Å²) in [5.74, 6) is 1.84. The van der Waals surface area contributed by atoms with Crippen LogP contribution in [0.3, 0.4) is 0 Å². The second-order valence-electron chi connectivity index (χ2n) is 10.8. The van der Waals surface area contributed by atoms with Crippen LogP contribution in [0.1, 0.15) is 51.9 Å². The third-order valence-electron chi connectivity index (χ3n) is 10.5. The van der Waals surface area contributed by atoms with E-state index in [9.17, 15) is 5.11 Å². The molecule has 0 aromatic heterocycles. The number of aliphatic hydroxyl groups is 1. The van der Waals surface area contributed by atoms with Crippen LogP contribution in [0.2, 0.25) is 0 Å². The van der Waals surface area contributed by atoms with Crippen molar-refractivity contribution in [2.45, 2.75) is 76.5 Å². The Bertz CT molecular complexity index is 710. The summed E-state index contributed by atoms with van der Waals surface area (Å²) in [6.07, 6.45) is 8.94. The molecule has 4 saturated heterocycles. The minimum Gasteiger partial charge on any atom is -0.388 e. The quantitative estimate of drug-likeness (QED) is 0.677. The van der Waals surface area contributed by atoms with Gasteiger partial charge in [0.15, 0.2) is 0 Å². The summed E-state index contributed by atoms with van der Waals surface area (Å²) < 4.78 is 13.2. The van der Waals surface area contributed by atoms with Crippen LogP contribution in [-0.2, 0) is 9.47 Å². The molecule has 0 amide bonds. The van der Waals surface area contributed by atoms with Crippen LogP contribution in [0.4, 0.5) is 0 Å². The van der Waals surface area contributed by atoms with Crippen molar-refractivity contribution >= 4 is 0 Å². The monoisotopic (exact) mass is 357 g/mol. The lowest BCUT2D eigenvalue weighted by atomic mass is 9.32. The molecule has 5 saturated carbocycles. The molecule has 142 valence electrons. The van der Waals surface area contributed by atoms with E-state index in [1.165, 1.54) is 32.1 Å². The zero-order chi connectivity index (χ0) is 17.5. The molecule has 4 heteroatoms. The maximum Gasteiger partial charge on any atom is 0.119 e. The van der Waals surface area contributed by atoms with Crippen molar-refractivity contribution in [2.24, 2.45) is 34.0 Å². The van der Waals surface area contributed by atoms with Crippen molar-refractivity contribution < 1.29 is 14.6 Å². The standard InChI is InChI=1S/C22H31NO3/c1-12-13-4-7-22(17(12)24)15(10-13)21-6-3-5-20(2)14(21)11-16(22)26-19(21)23-8-9-25-18(20)23/h13-19,24H,1,3-11H2,2H3/t13-,14-,15+,16-,17+,18-,19-,20-,21+,22-/m1/s1. The first-order valence-corrected chi connectivity index (χ1v) is 10.9. The summed E-state index contributed by atoms with van der Waals surface area (Å²) in [7, 11) is 0. The fraction of sp³-hybridized carbons (Fsp3) is 0.909. The van der Waals surface area contributed by atoms with Crippen LogP contribution < -0.4 is 0 Å². The molecule has 9 aliphatic rings. The normalized spacial score (nSPS) is 65.2. The van der Waals surface area contributed by atoms with Crippen molar-refractivity contribution in [3.05, 3.63) is 12.2 Å². The molecule has 9 fully saturated rings. The predicted molar refractivity (Wildman–Crippen MR) is 96.0 cm³/mol. The lowest BCUT2D eigenvalue weighted by molar-refractivity contribution is -0.422. The van der Waals surface area contributed by atoms with Crippen LogP contribution >= 0.6 is 0 Å².